The van der Waals surface area contributed by atoms with Crippen molar-refractivity contribution in [3.8, 4) is 0 Å². The molecule has 2 aromatic carbocycles. The highest BCUT2D eigenvalue weighted by Crippen LogP contribution is 2.33. The molecule has 1 N–H and O–H groups in total. The maximum Gasteiger partial charge on any atom is 0.0910 e. The van der Waals surface area contributed by atoms with Crippen molar-refractivity contribution in [2.24, 2.45) is 4.99 Å². The summed E-state index contributed by atoms with van der Waals surface area (Å²) in [5, 5.41) is 4.70. The van der Waals surface area contributed by atoms with E-state index in [1.165, 1.54) is 0 Å². The van der Waals surface area contributed by atoms with Gasteiger partial charge in [0.15, 0.2) is 0 Å². The van der Waals surface area contributed by atoms with Crippen molar-refractivity contribution in [1.29, 1.82) is 0 Å². The summed E-state index contributed by atoms with van der Waals surface area (Å²) in [6, 6.07) is 9.65. The van der Waals surface area contributed by atoms with Crippen molar-refractivity contribution in [3.05, 3.63) is 51.5 Å². The Morgan fingerprint density at radius 1 is 1.09 bits per heavy atom. The number of benzene rings is 2. The first-order valence-corrected chi connectivity index (χ1v) is 8.24. The van der Waals surface area contributed by atoms with Crippen LogP contribution < -0.4 is 5.32 Å². The number of halogens is 2. The lowest BCUT2D eigenvalue weighted by atomic mass is 10.1. The van der Waals surface area contributed by atoms with E-state index in [1.807, 2.05) is 56.1 Å². The second-order valence-electron chi connectivity index (χ2n) is 5.52. The van der Waals surface area contributed by atoms with Crippen molar-refractivity contribution in [2.75, 3.05) is 18.9 Å². The number of hydrogen-bond acceptors (Lipinski definition) is 2. The van der Waals surface area contributed by atoms with Gasteiger partial charge in [-0.05, 0) is 56.2 Å². The van der Waals surface area contributed by atoms with Crippen LogP contribution >= 0.6 is 23.2 Å². The molecule has 0 atom stereocenters. The van der Waals surface area contributed by atoms with Crippen LogP contribution in [0.2, 0.25) is 10.0 Å². The van der Waals surface area contributed by atoms with Gasteiger partial charge in [-0.25, -0.2) is 4.99 Å². The number of hydrogen-bond donors (Lipinski definition) is 1. The third kappa shape index (κ3) is 4.63. The zero-order valence-corrected chi connectivity index (χ0v) is 15.3. The van der Waals surface area contributed by atoms with E-state index in [-0.39, 0.29) is 0 Å². The molecule has 0 saturated carbocycles. The molecule has 0 aromatic heterocycles. The first kappa shape index (κ1) is 17.6. The molecule has 0 amide bonds. The summed E-state index contributed by atoms with van der Waals surface area (Å²) in [6.07, 6.45) is 1.79. The Morgan fingerprint density at radius 2 is 1.78 bits per heavy atom. The van der Waals surface area contributed by atoms with E-state index in [9.17, 15) is 0 Å². The maximum absolute atomic E-state index is 6.37. The Kier molecular flexibility index (Phi) is 5.91. The van der Waals surface area contributed by atoms with Gasteiger partial charge in [-0.1, -0.05) is 29.3 Å². The van der Waals surface area contributed by atoms with Crippen LogP contribution in [-0.2, 0) is 0 Å². The second-order valence-corrected chi connectivity index (χ2v) is 6.36. The average molecular weight is 350 g/mol. The minimum atomic E-state index is 0.610. The number of anilines is 2. The third-order valence-electron chi connectivity index (χ3n) is 3.66. The van der Waals surface area contributed by atoms with E-state index in [4.69, 9.17) is 23.2 Å². The van der Waals surface area contributed by atoms with Gasteiger partial charge in [0.1, 0.15) is 0 Å². The van der Waals surface area contributed by atoms with E-state index >= 15 is 0 Å². The lowest BCUT2D eigenvalue weighted by molar-refractivity contribution is 0.552. The number of nitrogens with one attached hydrogen (secondary N) is 1. The third-order valence-corrected chi connectivity index (χ3v) is 4.19. The molecule has 3 nitrogen and oxygen atoms in total. The Balaban J connectivity index is 2.29. The molecular weight excluding hydrogens is 329 g/mol. The standard InChI is InChI=1S/C18H21Cl2N3/c1-5-23(4)11-21-18-8-13(3)17(10-15(18)20)22-16-9-14(19)7-6-12(16)2/h6-11,22H,5H2,1-4H3/b21-11-. The van der Waals surface area contributed by atoms with Crippen LogP contribution in [0.3, 0.4) is 0 Å². The number of aryl methyl sites for hydroxylation is 2. The van der Waals surface area contributed by atoms with Gasteiger partial charge in [-0.2, -0.15) is 0 Å². The topological polar surface area (TPSA) is 27.6 Å². The van der Waals surface area contributed by atoms with Crippen molar-refractivity contribution >= 4 is 46.6 Å². The van der Waals surface area contributed by atoms with Gasteiger partial charge in [0, 0.05) is 30.0 Å². The van der Waals surface area contributed by atoms with Gasteiger partial charge >= 0.3 is 0 Å². The second kappa shape index (κ2) is 7.71. The van der Waals surface area contributed by atoms with E-state index in [0.29, 0.717) is 10.0 Å². The zero-order valence-electron chi connectivity index (χ0n) is 13.8. The molecule has 0 bridgehead atoms. The zero-order chi connectivity index (χ0) is 17.0. The quantitative estimate of drug-likeness (QED) is 0.532. The van der Waals surface area contributed by atoms with Crippen LogP contribution in [-0.4, -0.2) is 24.8 Å². The Hall–Kier alpha value is -1.71. The van der Waals surface area contributed by atoms with Gasteiger partial charge in [0.25, 0.3) is 0 Å². The molecule has 122 valence electrons. The lowest BCUT2D eigenvalue weighted by Gasteiger charge is -2.14. The predicted octanol–water partition coefficient (Wildman–Crippen LogP) is 5.97. The molecule has 2 rings (SSSR count). The number of aliphatic imine (C=N–C) groups is 1. The van der Waals surface area contributed by atoms with Crippen LogP contribution in [0.15, 0.2) is 35.3 Å². The molecule has 2 aromatic rings. The van der Waals surface area contributed by atoms with Gasteiger partial charge in [-0.3, -0.25) is 0 Å². The van der Waals surface area contributed by atoms with E-state index in [2.05, 4.69) is 17.2 Å². The summed E-state index contributed by atoms with van der Waals surface area (Å²) >= 11 is 12.4. The smallest absolute Gasteiger partial charge is 0.0910 e. The first-order chi connectivity index (χ1) is 10.9. The molecule has 0 fully saturated rings. The summed E-state index contributed by atoms with van der Waals surface area (Å²) in [5.74, 6) is 0. The summed E-state index contributed by atoms with van der Waals surface area (Å²) in [4.78, 5) is 6.43. The van der Waals surface area contributed by atoms with E-state index in [0.717, 1.165) is 34.7 Å². The summed E-state index contributed by atoms with van der Waals surface area (Å²) in [5.41, 5.74) is 4.87. The highest BCUT2D eigenvalue weighted by atomic mass is 35.5. The van der Waals surface area contributed by atoms with Crippen molar-refractivity contribution in [3.63, 3.8) is 0 Å². The molecule has 23 heavy (non-hydrogen) atoms. The molecule has 0 heterocycles. The molecule has 0 aliphatic heterocycles. The fourth-order valence-electron chi connectivity index (χ4n) is 2.02. The molecule has 0 aliphatic carbocycles. The molecular formula is C18H21Cl2N3. The van der Waals surface area contributed by atoms with Crippen LogP contribution in [0.25, 0.3) is 0 Å². The average Bonchev–Trinajstić information content (AvgIpc) is 2.52. The van der Waals surface area contributed by atoms with Gasteiger partial charge in [-0.15, -0.1) is 0 Å². The van der Waals surface area contributed by atoms with Crippen LogP contribution in [0.1, 0.15) is 18.1 Å². The molecule has 0 unspecified atom stereocenters. The molecule has 0 radical (unpaired) electrons. The molecule has 0 aliphatic rings. The highest BCUT2D eigenvalue weighted by molar-refractivity contribution is 6.33. The Labute approximate surface area is 147 Å². The minimum absolute atomic E-state index is 0.610. The molecule has 5 heteroatoms. The molecule has 0 spiro atoms. The summed E-state index contributed by atoms with van der Waals surface area (Å²) in [6.45, 7) is 7.03. The van der Waals surface area contributed by atoms with Crippen LogP contribution in [0.5, 0.6) is 0 Å². The fraction of sp³-hybridized carbons (Fsp3) is 0.278. The van der Waals surface area contributed by atoms with Gasteiger partial charge < -0.3 is 10.2 Å². The monoisotopic (exact) mass is 349 g/mol. The number of rotatable bonds is 5. The fourth-order valence-corrected chi connectivity index (χ4v) is 2.40. The van der Waals surface area contributed by atoms with Crippen LogP contribution in [0, 0.1) is 13.8 Å². The van der Waals surface area contributed by atoms with Crippen molar-refractivity contribution in [1.82, 2.24) is 4.90 Å². The van der Waals surface area contributed by atoms with Crippen molar-refractivity contribution < 1.29 is 0 Å². The minimum Gasteiger partial charge on any atom is -0.366 e. The van der Waals surface area contributed by atoms with Crippen molar-refractivity contribution in [2.45, 2.75) is 20.8 Å². The number of nitrogens with zero attached hydrogens (tertiary/aromatic N) is 2. The Bertz CT molecular complexity index is 726. The summed E-state index contributed by atoms with van der Waals surface area (Å²) in [7, 11) is 1.97. The lowest BCUT2D eigenvalue weighted by Crippen LogP contribution is -2.14. The highest BCUT2D eigenvalue weighted by Gasteiger charge is 2.07. The first-order valence-electron chi connectivity index (χ1n) is 7.48. The van der Waals surface area contributed by atoms with E-state index in [1.54, 1.807) is 6.34 Å². The largest absolute Gasteiger partial charge is 0.366 e. The summed E-state index contributed by atoms with van der Waals surface area (Å²) < 4.78 is 0. The van der Waals surface area contributed by atoms with Gasteiger partial charge in [0.05, 0.1) is 17.0 Å². The van der Waals surface area contributed by atoms with E-state index < -0.39 is 0 Å². The Morgan fingerprint density at radius 3 is 2.48 bits per heavy atom. The molecule has 0 saturated heterocycles. The maximum atomic E-state index is 6.37. The predicted molar refractivity (Wildman–Crippen MR) is 102 cm³/mol. The van der Waals surface area contributed by atoms with Crippen LogP contribution in [0.4, 0.5) is 17.1 Å². The SMILES string of the molecule is CCN(C)/C=N\c1cc(C)c(Nc2cc(Cl)ccc2C)cc1Cl. The van der Waals surface area contributed by atoms with Gasteiger partial charge in [0.2, 0.25) is 0 Å². The normalized spacial score (nSPS) is 11.0.